The number of rotatable bonds is 5. The molecule has 1 saturated heterocycles. The molecule has 1 N–H and O–H groups in total. The smallest absolute Gasteiger partial charge is 0.271 e. The Labute approximate surface area is 124 Å². The van der Waals surface area contributed by atoms with Crippen molar-refractivity contribution >= 4 is 23.0 Å². The number of benzene rings is 1. The Balaban J connectivity index is 1.97. The van der Waals surface area contributed by atoms with Crippen molar-refractivity contribution in [2.45, 2.75) is 32.2 Å². The van der Waals surface area contributed by atoms with Gasteiger partial charge < -0.3 is 10.2 Å². The second-order valence-corrected chi connectivity index (χ2v) is 5.59. The van der Waals surface area contributed by atoms with E-state index in [1.165, 1.54) is 18.6 Å². The molecule has 0 aliphatic carbocycles. The van der Waals surface area contributed by atoms with Crippen molar-refractivity contribution in [3.8, 4) is 0 Å². The fourth-order valence-electron chi connectivity index (χ4n) is 2.57. The van der Waals surface area contributed by atoms with Crippen LogP contribution in [0.1, 0.15) is 26.2 Å². The number of nitro benzene ring substituents is 1. The third kappa shape index (κ3) is 3.84. The highest BCUT2D eigenvalue weighted by Gasteiger charge is 2.20. The first kappa shape index (κ1) is 15.1. The van der Waals surface area contributed by atoms with Gasteiger partial charge in [-0.25, -0.2) is 0 Å². The summed E-state index contributed by atoms with van der Waals surface area (Å²) in [5.74, 6) is 0. The van der Waals surface area contributed by atoms with Crippen LogP contribution in [0, 0.1) is 10.1 Å². The summed E-state index contributed by atoms with van der Waals surface area (Å²) in [6.45, 7) is 5.47. The molecule has 1 aromatic carbocycles. The Morgan fingerprint density at radius 1 is 1.45 bits per heavy atom. The summed E-state index contributed by atoms with van der Waals surface area (Å²) in [6.07, 6.45) is 3.26. The van der Waals surface area contributed by atoms with Crippen LogP contribution in [0.4, 0.5) is 11.4 Å². The highest BCUT2D eigenvalue weighted by atomic mass is 35.5. The molecule has 1 heterocycles. The highest BCUT2D eigenvalue weighted by molar-refractivity contribution is 6.33. The van der Waals surface area contributed by atoms with E-state index in [0.717, 1.165) is 32.5 Å². The number of nitro groups is 1. The van der Waals surface area contributed by atoms with Crippen LogP contribution in [0.5, 0.6) is 0 Å². The monoisotopic (exact) mass is 297 g/mol. The fourth-order valence-corrected chi connectivity index (χ4v) is 2.75. The third-order valence-electron chi connectivity index (χ3n) is 3.65. The zero-order valence-electron chi connectivity index (χ0n) is 11.6. The predicted molar refractivity (Wildman–Crippen MR) is 81.5 cm³/mol. The van der Waals surface area contributed by atoms with E-state index >= 15 is 0 Å². The van der Waals surface area contributed by atoms with E-state index < -0.39 is 4.92 Å². The van der Waals surface area contributed by atoms with Gasteiger partial charge in [0.1, 0.15) is 0 Å². The molecule has 1 aliphatic rings. The summed E-state index contributed by atoms with van der Waals surface area (Å²) in [4.78, 5) is 12.9. The first-order valence-corrected chi connectivity index (χ1v) is 7.40. The van der Waals surface area contributed by atoms with Crippen molar-refractivity contribution in [3.63, 3.8) is 0 Å². The van der Waals surface area contributed by atoms with Crippen LogP contribution in [-0.2, 0) is 0 Å². The van der Waals surface area contributed by atoms with Crippen molar-refractivity contribution < 1.29 is 4.92 Å². The lowest BCUT2D eigenvalue weighted by Gasteiger charge is -2.32. The molecular weight excluding hydrogens is 278 g/mol. The van der Waals surface area contributed by atoms with Gasteiger partial charge >= 0.3 is 0 Å². The first-order chi connectivity index (χ1) is 9.60. The van der Waals surface area contributed by atoms with E-state index in [9.17, 15) is 10.1 Å². The van der Waals surface area contributed by atoms with Crippen LogP contribution in [0.3, 0.4) is 0 Å². The standard InChI is InChI=1S/C14H20ClN3O2/c1-2-7-17-8-5-11(6-9-17)16-14-10-12(18(19)20)3-4-13(14)15/h3-4,10-11,16H,2,5-9H2,1H3. The maximum absolute atomic E-state index is 10.8. The van der Waals surface area contributed by atoms with Gasteiger partial charge in [-0.1, -0.05) is 18.5 Å². The summed E-state index contributed by atoms with van der Waals surface area (Å²) in [5, 5.41) is 14.7. The molecule has 0 bridgehead atoms. The summed E-state index contributed by atoms with van der Waals surface area (Å²) in [6, 6.07) is 4.86. The van der Waals surface area contributed by atoms with Crippen LogP contribution < -0.4 is 5.32 Å². The summed E-state index contributed by atoms with van der Waals surface area (Å²) >= 11 is 6.10. The van der Waals surface area contributed by atoms with Gasteiger partial charge in [-0.05, 0) is 31.9 Å². The summed E-state index contributed by atoms with van der Waals surface area (Å²) in [7, 11) is 0. The lowest BCUT2D eigenvalue weighted by Crippen LogP contribution is -2.39. The Hall–Kier alpha value is -1.33. The molecule has 0 spiro atoms. The van der Waals surface area contributed by atoms with Gasteiger partial charge in [-0.2, -0.15) is 0 Å². The van der Waals surface area contributed by atoms with Crippen LogP contribution in [0.2, 0.25) is 5.02 Å². The molecule has 5 nitrogen and oxygen atoms in total. The van der Waals surface area contributed by atoms with Crippen molar-refractivity contribution in [1.82, 2.24) is 4.90 Å². The molecule has 6 heteroatoms. The van der Waals surface area contributed by atoms with Crippen LogP contribution in [-0.4, -0.2) is 35.5 Å². The molecule has 0 amide bonds. The van der Waals surface area contributed by atoms with Gasteiger partial charge in [0.25, 0.3) is 5.69 Å². The van der Waals surface area contributed by atoms with E-state index in [-0.39, 0.29) is 5.69 Å². The Kier molecular flexibility index (Phi) is 5.20. The second-order valence-electron chi connectivity index (χ2n) is 5.18. The Morgan fingerprint density at radius 2 is 2.15 bits per heavy atom. The zero-order valence-corrected chi connectivity index (χ0v) is 12.4. The minimum Gasteiger partial charge on any atom is -0.381 e. The number of likely N-dealkylation sites (tertiary alicyclic amines) is 1. The topological polar surface area (TPSA) is 58.4 Å². The summed E-state index contributed by atoms with van der Waals surface area (Å²) < 4.78 is 0. The van der Waals surface area contributed by atoms with Gasteiger partial charge in [0.05, 0.1) is 15.6 Å². The Bertz CT molecular complexity index is 473. The number of halogens is 1. The molecular formula is C14H20ClN3O2. The quantitative estimate of drug-likeness (QED) is 0.667. The predicted octanol–water partition coefficient (Wildman–Crippen LogP) is 3.53. The number of hydrogen-bond donors (Lipinski definition) is 1. The average molecular weight is 298 g/mol. The van der Waals surface area contributed by atoms with E-state index in [1.807, 2.05) is 0 Å². The zero-order chi connectivity index (χ0) is 14.5. The molecule has 0 atom stereocenters. The molecule has 110 valence electrons. The number of piperidine rings is 1. The van der Waals surface area contributed by atoms with Gasteiger partial charge in [0.2, 0.25) is 0 Å². The second kappa shape index (κ2) is 6.90. The first-order valence-electron chi connectivity index (χ1n) is 7.03. The Morgan fingerprint density at radius 3 is 2.75 bits per heavy atom. The fraction of sp³-hybridized carbons (Fsp3) is 0.571. The highest BCUT2D eigenvalue weighted by Crippen LogP contribution is 2.28. The van der Waals surface area contributed by atoms with E-state index in [0.29, 0.717) is 16.8 Å². The molecule has 2 rings (SSSR count). The molecule has 0 radical (unpaired) electrons. The van der Waals surface area contributed by atoms with E-state index in [4.69, 9.17) is 11.6 Å². The molecule has 20 heavy (non-hydrogen) atoms. The largest absolute Gasteiger partial charge is 0.381 e. The molecule has 1 aromatic rings. The van der Waals surface area contributed by atoms with Crippen molar-refractivity contribution in [3.05, 3.63) is 33.3 Å². The number of anilines is 1. The lowest BCUT2D eigenvalue weighted by molar-refractivity contribution is -0.384. The minimum atomic E-state index is -0.397. The number of non-ortho nitro benzene ring substituents is 1. The van der Waals surface area contributed by atoms with E-state index in [1.54, 1.807) is 6.07 Å². The lowest BCUT2D eigenvalue weighted by atomic mass is 10.0. The van der Waals surface area contributed by atoms with Gasteiger partial charge in [-0.15, -0.1) is 0 Å². The third-order valence-corrected chi connectivity index (χ3v) is 3.98. The molecule has 1 fully saturated rings. The average Bonchev–Trinajstić information content (AvgIpc) is 2.43. The normalized spacial score (nSPS) is 17.1. The minimum absolute atomic E-state index is 0.0697. The number of nitrogens with one attached hydrogen (secondary N) is 1. The van der Waals surface area contributed by atoms with Gasteiger partial charge in [-0.3, -0.25) is 10.1 Å². The van der Waals surface area contributed by atoms with Gasteiger partial charge in [0, 0.05) is 31.3 Å². The molecule has 0 unspecified atom stereocenters. The van der Waals surface area contributed by atoms with Crippen molar-refractivity contribution in [1.29, 1.82) is 0 Å². The maximum atomic E-state index is 10.8. The number of hydrogen-bond acceptors (Lipinski definition) is 4. The molecule has 1 aliphatic heterocycles. The summed E-state index contributed by atoms with van der Waals surface area (Å²) in [5.41, 5.74) is 0.732. The molecule has 0 aromatic heterocycles. The van der Waals surface area contributed by atoms with Gasteiger partial charge in [0.15, 0.2) is 0 Å². The van der Waals surface area contributed by atoms with Crippen molar-refractivity contribution in [2.24, 2.45) is 0 Å². The van der Waals surface area contributed by atoms with Crippen LogP contribution in [0.15, 0.2) is 18.2 Å². The van der Waals surface area contributed by atoms with E-state index in [2.05, 4.69) is 17.1 Å². The van der Waals surface area contributed by atoms with Crippen LogP contribution in [0.25, 0.3) is 0 Å². The molecule has 0 saturated carbocycles. The van der Waals surface area contributed by atoms with Crippen molar-refractivity contribution in [2.75, 3.05) is 25.0 Å². The maximum Gasteiger partial charge on any atom is 0.271 e. The number of nitrogens with zero attached hydrogens (tertiary/aromatic N) is 2. The SMILES string of the molecule is CCCN1CCC(Nc2cc([N+](=O)[O-])ccc2Cl)CC1. The van der Waals surface area contributed by atoms with Crippen LogP contribution >= 0.6 is 11.6 Å².